The molecule has 7 nitrogen and oxygen atoms in total. The van der Waals surface area contributed by atoms with Crippen LogP contribution in [0.5, 0.6) is 0 Å². The molecule has 1 amide bonds. The van der Waals surface area contributed by atoms with Crippen LogP contribution >= 0.6 is 0 Å². The Kier molecular flexibility index (Phi) is 5.34. The Bertz CT molecular complexity index is 1220. The molecule has 1 aliphatic heterocycles. The maximum Gasteiger partial charge on any atom is 0.239 e. The van der Waals surface area contributed by atoms with Crippen molar-refractivity contribution in [1.82, 2.24) is 10.3 Å². The Balaban J connectivity index is 1.77. The Morgan fingerprint density at radius 2 is 1.97 bits per heavy atom. The van der Waals surface area contributed by atoms with Gasteiger partial charge in [-0.25, -0.2) is 13.4 Å². The number of benzene rings is 2. The van der Waals surface area contributed by atoms with Crippen LogP contribution in [0.15, 0.2) is 53.4 Å². The lowest BCUT2D eigenvalue weighted by atomic mass is 10.1. The Labute approximate surface area is 176 Å². The van der Waals surface area contributed by atoms with Crippen molar-refractivity contribution in [3.05, 3.63) is 59.7 Å². The van der Waals surface area contributed by atoms with E-state index in [2.05, 4.69) is 10.6 Å². The van der Waals surface area contributed by atoms with Crippen LogP contribution in [0.4, 0.5) is 11.5 Å². The van der Waals surface area contributed by atoms with Crippen LogP contribution in [0.3, 0.4) is 0 Å². The third-order valence-electron chi connectivity index (χ3n) is 5.29. The molecule has 2 aromatic carbocycles. The minimum Gasteiger partial charge on any atom is -0.376 e. The number of rotatable bonds is 4. The number of hydrogen-bond acceptors (Lipinski definition) is 6. The molecule has 8 heteroatoms. The molecule has 0 aliphatic carbocycles. The first kappa shape index (κ1) is 20.2. The van der Waals surface area contributed by atoms with E-state index in [1.807, 2.05) is 48.2 Å². The normalized spacial score (nSPS) is 15.3. The molecule has 0 saturated heterocycles. The first-order valence-corrected chi connectivity index (χ1v) is 11.4. The second kappa shape index (κ2) is 7.95. The molecule has 3 aromatic rings. The molecule has 1 aromatic heterocycles. The number of fused-ring (bicyclic) bond motifs is 2. The molecule has 0 unspecified atom stereocenters. The van der Waals surface area contributed by atoms with Crippen LogP contribution in [-0.2, 0) is 21.2 Å². The van der Waals surface area contributed by atoms with Gasteiger partial charge in [0.25, 0.3) is 0 Å². The van der Waals surface area contributed by atoms with Crippen molar-refractivity contribution in [1.29, 1.82) is 0 Å². The fraction of sp³-hybridized carbons (Fsp3) is 0.273. The number of carbonyl (C=O) groups is 1. The first-order valence-electron chi connectivity index (χ1n) is 9.79. The van der Waals surface area contributed by atoms with Gasteiger partial charge < -0.3 is 15.5 Å². The maximum absolute atomic E-state index is 12.7. The molecular formula is C22H24N4O3S. The molecule has 0 saturated carbocycles. The van der Waals surface area contributed by atoms with Gasteiger partial charge in [0.15, 0.2) is 9.84 Å². The monoisotopic (exact) mass is 424 g/mol. The van der Waals surface area contributed by atoms with E-state index in [0.717, 1.165) is 27.7 Å². The molecule has 156 valence electrons. The average Bonchev–Trinajstić information content (AvgIpc) is 2.88. The zero-order chi connectivity index (χ0) is 21.3. The summed E-state index contributed by atoms with van der Waals surface area (Å²) < 4.78 is 25.4. The highest BCUT2D eigenvalue weighted by Gasteiger charge is 2.26. The lowest BCUT2D eigenvalue weighted by molar-refractivity contribution is -0.118. The molecule has 2 heterocycles. The summed E-state index contributed by atoms with van der Waals surface area (Å²) in [6, 6.07) is 15.0. The fourth-order valence-corrected chi connectivity index (χ4v) is 5.15. The van der Waals surface area contributed by atoms with Crippen molar-refractivity contribution in [2.75, 3.05) is 36.1 Å². The molecule has 0 spiro atoms. The summed E-state index contributed by atoms with van der Waals surface area (Å²) >= 11 is 0. The second-order valence-corrected chi connectivity index (χ2v) is 9.50. The van der Waals surface area contributed by atoms with E-state index in [1.165, 1.54) is 0 Å². The number of carbonyl (C=O) groups excluding carboxylic acids is 1. The molecule has 30 heavy (non-hydrogen) atoms. The zero-order valence-corrected chi connectivity index (χ0v) is 17.8. The minimum atomic E-state index is -3.34. The highest BCUT2D eigenvalue weighted by Crippen LogP contribution is 2.31. The highest BCUT2D eigenvalue weighted by molar-refractivity contribution is 7.91. The molecular weight excluding hydrogens is 400 g/mol. The number of likely N-dealkylation sites (N-methyl/N-ethyl adjacent to an activating group) is 1. The molecule has 0 radical (unpaired) electrons. The fourth-order valence-electron chi connectivity index (χ4n) is 3.66. The van der Waals surface area contributed by atoms with Gasteiger partial charge >= 0.3 is 0 Å². The van der Waals surface area contributed by atoms with Gasteiger partial charge in [0.05, 0.1) is 22.7 Å². The van der Waals surface area contributed by atoms with E-state index < -0.39 is 9.84 Å². The van der Waals surface area contributed by atoms with Crippen LogP contribution in [0.2, 0.25) is 0 Å². The third-order valence-corrected chi connectivity index (χ3v) is 7.08. The third kappa shape index (κ3) is 3.95. The predicted octanol–water partition coefficient (Wildman–Crippen LogP) is 2.50. The number of sulfone groups is 1. The van der Waals surface area contributed by atoms with Crippen molar-refractivity contribution in [2.45, 2.75) is 18.4 Å². The van der Waals surface area contributed by atoms with Gasteiger partial charge in [0.1, 0.15) is 5.82 Å². The molecule has 1 aliphatic rings. The second-order valence-electron chi connectivity index (χ2n) is 7.42. The van der Waals surface area contributed by atoms with E-state index in [4.69, 9.17) is 4.98 Å². The van der Waals surface area contributed by atoms with Gasteiger partial charge in [-0.3, -0.25) is 4.79 Å². The highest BCUT2D eigenvalue weighted by atomic mass is 32.2. The van der Waals surface area contributed by atoms with Gasteiger partial charge in [-0.05, 0) is 30.7 Å². The molecule has 0 fully saturated rings. The van der Waals surface area contributed by atoms with E-state index in [0.29, 0.717) is 23.8 Å². The summed E-state index contributed by atoms with van der Waals surface area (Å²) in [6.45, 7) is 2.94. The van der Waals surface area contributed by atoms with E-state index in [9.17, 15) is 13.2 Å². The number of aryl methyl sites for hydroxylation is 1. The number of anilines is 2. The number of hydrogen-bond donors (Lipinski definition) is 2. The SMILES string of the molecule is CNC(=O)CNc1cc(N2CCS(=O)(=O)c3ccccc3C2)nc2ccc(C)cc12. The number of pyridine rings is 1. The maximum atomic E-state index is 12.7. The smallest absolute Gasteiger partial charge is 0.239 e. The summed E-state index contributed by atoms with van der Waals surface area (Å²) in [6.07, 6.45) is 0. The van der Waals surface area contributed by atoms with Crippen LogP contribution in [0, 0.1) is 6.92 Å². The lowest BCUT2D eigenvalue weighted by Crippen LogP contribution is -2.28. The number of amides is 1. The van der Waals surface area contributed by atoms with Crippen LogP contribution in [0.25, 0.3) is 10.9 Å². The summed E-state index contributed by atoms with van der Waals surface area (Å²) in [7, 11) is -1.74. The van der Waals surface area contributed by atoms with Gasteiger partial charge in [-0.15, -0.1) is 0 Å². The van der Waals surface area contributed by atoms with Crippen LogP contribution in [0.1, 0.15) is 11.1 Å². The van der Waals surface area contributed by atoms with E-state index in [-0.39, 0.29) is 18.2 Å². The van der Waals surface area contributed by atoms with E-state index >= 15 is 0 Å². The Morgan fingerprint density at radius 3 is 2.77 bits per heavy atom. The van der Waals surface area contributed by atoms with Crippen molar-refractivity contribution < 1.29 is 13.2 Å². The van der Waals surface area contributed by atoms with Gasteiger partial charge in [-0.1, -0.05) is 29.8 Å². The summed E-state index contributed by atoms with van der Waals surface area (Å²) in [5.74, 6) is 0.583. The van der Waals surface area contributed by atoms with Gasteiger partial charge in [0, 0.05) is 37.3 Å². The van der Waals surface area contributed by atoms with Crippen molar-refractivity contribution in [3.8, 4) is 0 Å². The van der Waals surface area contributed by atoms with Crippen molar-refractivity contribution >= 4 is 38.2 Å². The van der Waals surface area contributed by atoms with E-state index in [1.54, 1.807) is 19.2 Å². The van der Waals surface area contributed by atoms with Gasteiger partial charge in [-0.2, -0.15) is 0 Å². The zero-order valence-electron chi connectivity index (χ0n) is 17.0. The van der Waals surface area contributed by atoms with Crippen LogP contribution < -0.4 is 15.5 Å². The molecule has 0 bridgehead atoms. The number of nitrogens with one attached hydrogen (secondary N) is 2. The molecule has 0 atom stereocenters. The predicted molar refractivity (Wildman–Crippen MR) is 119 cm³/mol. The molecule has 4 rings (SSSR count). The van der Waals surface area contributed by atoms with Crippen LogP contribution in [-0.4, -0.2) is 45.2 Å². The minimum absolute atomic E-state index is 0.0264. The average molecular weight is 425 g/mol. The van der Waals surface area contributed by atoms with Crippen molar-refractivity contribution in [3.63, 3.8) is 0 Å². The summed E-state index contributed by atoms with van der Waals surface area (Å²) in [5.41, 5.74) is 3.44. The number of nitrogens with zero attached hydrogens (tertiary/aromatic N) is 2. The van der Waals surface area contributed by atoms with Crippen molar-refractivity contribution in [2.24, 2.45) is 0 Å². The Morgan fingerprint density at radius 1 is 1.17 bits per heavy atom. The topological polar surface area (TPSA) is 91.4 Å². The first-order chi connectivity index (χ1) is 14.4. The summed E-state index contributed by atoms with van der Waals surface area (Å²) in [4.78, 5) is 18.9. The quantitative estimate of drug-likeness (QED) is 0.669. The lowest BCUT2D eigenvalue weighted by Gasteiger charge is -2.23. The summed E-state index contributed by atoms with van der Waals surface area (Å²) in [5, 5.41) is 6.73. The number of aromatic nitrogens is 1. The standard InChI is InChI=1S/C22H24N4O3S/c1-15-7-8-18-17(11-15)19(24-13-22(27)23-2)12-21(25-18)26-9-10-30(28,29)20-6-4-3-5-16(20)14-26/h3-8,11-12H,9-10,13-14H2,1-2H3,(H,23,27)(H,24,25). The largest absolute Gasteiger partial charge is 0.376 e. The molecule has 2 N–H and O–H groups in total. The van der Waals surface area contributed by atoms with Gasteiger partial charge in [0.2, 0.25) is 5.91 Å². The Hall–Kier alpha value is -3.13.